The predicted octanol–water partition coefficient (Wildman–Crippen LogP) is 2.97. The number of benzene rings is 1. The Balaban J connectivity index is 3.18. The van der Waals surface area contributed by atoms with Gasteiger partial charge in [0, 0.05) is 6.61 Å². The van der Waals surface area contributed by atoms with Crippen LogP contribution in [0, 0.1) is 0 Å². The monoisotopic (exact) mass is 266 g/mol. The Morgan fingerprint density at radius 2 is 1.79 bits per heavy atom. The molecule has 1 unspecified atom stereocenters. The van der Waals surface area contributed by atoms with Crippen LogP contribution in [0.3, 0.4) is 0 Å². The Morgan fingerprint density at radius 3 is 2.26 bits per heavy atom. The molecule has 0 aromatic heterocycles. The molecule has 0 amide bonds. The zero-order chi connectivity index (χ0) is 14.7. The molecule has 0 aliphatic carbocycles. The summed E-state index contributed by atoms with van der Waals surface area (Å²) in [7, 11) is 1.66. The lowest BCUT2D eigenvalue weighted by Gasteiger charge is -2.28. The van der Waals surface area contributed by atoms with Crippen molar-refractivity contribution in [3.05, 3.63) is 29.3 Å². The Bertz CT molecular complexity index is 416. The van der Waals surface area contributed by atoms with Gasteiger partial charge in [0.2, 0.25) is 0 Å². The SMILES string of the molecule is COc1ccc(C(C)(O)CCCO)cc1C(C)(C)C. The number of rotatable bonds is 5. The number of aliphatic hydroxyl groups is 2. The number of ether oxygens (including phenoxy) is 1. The van der Waals surface area contributed by atoms with Crippen molar-refractivity contribution >= 4 is 0 Å². The highest BCUT2D eigenvalue weighted by Gasteiger charge is 2.26. The van der Waals surface area contributed by atoms with E-state index in [4.69, 9.17) is 9.84 Å². The average Bonchev–Trinajstić information content (AvgIpc) is 2.34. The first-order valence-electron chi connectivity index (χ1n) is 6.74. The van der Waals surface area contributed by atoms with Gasteiger partial charge in [-0.3, -0.25) is 0 Å². The van der Waals surface area contributed by atoms with E-state index < -0.39 is 5.60 Å². The van der Waals surface area contributed by atoms with Gasteiger partial charge in [-0.1, -0.05) is 26.8 Å². The summed E-state index contributed by atoms with van der Waals surface area (Å²) in [6.45, 7) is 8.25. The average molecular weight is 266 g/mol. The molecule has 0 heterocycles. The molecule has 0 spiro atoms. The second-order valence-electron chi connectivity index (χ2n) is 6.27. The van der Waals surface area contributed by atoms with Crippen molar-refractivity contribution in [3.8, 4) is 5.75 Å². The maximum Gasteiger partial charge on any atom is 0.122 e. The molecule has 0 saturated carbocycles. The van der Waals surface area contributed by atoms with Crippen LogP contribution in [0.2, 0.25) is 0 Å². The molecular formula is C16H26O3. The predicted molar refractivity (Wildman–Crippen MR) is 77.6 cm³/mol. The topological polar surface area (TPSA) is 49.7 Å². The van der Waals surface area contributed by atoms with E-state index in [0.717, 1.165) is 16.9 Å². The normalized spacial score (nSPS) is 15.1. The molecule has 1 aromatic rings. The first-order valence-corrected chi connectivity index (χ1v) is 6.74. The number of hydrogen-bond acceptors (Lipinski definition) is 3. The van der Waals surface area contributed by atoms with Gasteiger partial charge in [-0.2, -0.15) is 0 Å². The van der Waals surface area contributed by atoms with E-state index in [1.807, 2.05) is 18.2 Å². The van der Waals surface area contributed by atoms with Gasteiger partial charge in [0.1, 0.15) is 5.75 Å². The highest BCUT2D eigenvalue weighted by atomic mass is 16.5. The lowest BCUT2D eigenvalue weighted by Crippen LogP contribution is -2.23. The van der Waals surface area contributed by atoms with Crippen LogP contribution < -0.4 is 4.74 Å². The molecule has 1 aromatic carbocycles. The van der Waals surface area contributed by atoms with Gasteiger partial charge in [-0.05, 0) is 48.4 Å². The third-order valence-corrected chi connectivity index (χ3v) is 3.45. The molecule has 108 valence electrons. The van der Waals surface area contributed by atoms with Crippen LogP contribution in [-0.2, 0) is 11.0 Å². The molecule has 0 saturated heterocycles. The minimum Gasteiger partial charge on any atom is -0.496 e. The van der Waals surface area contributed by atoms with E-state index in [-0.39, 0.29) is 12.0 Å². The number of hydrogen-bond donors (Lipinski definition) is 2. The first-order chi connectivity index (χ1) is 8.72. The van der Waals surface area contributed by atoms with E-state index in [1.54, 1.807) is 14.0 Å². The van der Waals surface area contributed by atoms with Crippen LogP contribution in [0.25, 0.3) is 0 Å². The van der Waals surface area contributed by atoms with E-state index in [1.165, 1.54) is 0 Å². The molecule has 0 bridgehead atoms. The third-order valence-electron chi connectivity index (χ3n) is 3.45. The highest BCUT2D eigenvalue weighted by molar-refractivity contribution is 5.43. The van der Waals surface area contributed by atoms with Crippen molar-refractivity contribution in [2.75, 3.05) is 13.7 Å². The summed E-state index contributed by atoms with van der Waals surface area (Å²) < 4.78 is 5.40. The van der Waals surface area contributed by atoms with Gasteiger partial charge >= 0.3 is 0 Å². The molecule has 2 N–H and O–H groups in total. The largest absolute Gasteiger partial charge is 0.496 e. The lowest BCUT2D eigenvalue weighted by atomic mass is 9.82. The molecule has 3 heteroatoms. The van der Waals surface area contributed by atoms with E-state index in [0.29, 0.717) is 12.8 Å². The van der Waals surface area contributed by atoms with Gasteiger partial charge in [-0.25, -0.2) is 0 Å². The summed E-state index contributed by atoms with van der Waals surface area (Å²) in [5.74, 6) is 0.842. The van der Waals surface area contributed by atoms with Gasteiger partial charge in [0.25, 0.3) is 0 Å². The van der Waals surface area contributed by atoms with Crippen molar-refractivity contribution in [2.24, 2.45) is 0 Å². The van der Waals surface area contributed by atoms with Crippen molar-refractivity contribution in [1.29, 1.82) is 0 Å². The fourth-order valence-electron chi connectivity index (χ4n) is 2.20. The van der Waals surface area contributed by atoms with E-state index in [9.17, 15) is 5.11 Å². The molecule has 0 radical (unpaired) electrons. The van der Waals surface area contributed by atoms with E-state index >= 15 is 0 Å². The zero-order valence-corrected chi connectivity index (χ0v) is 12.7. The summed E-state index contributed by atoms with van der Waals surface area (Å²) in [4.78, 5) is 0. The maximum atomic E-state index is 10.5. The summed E-state index contributed by atoms with van der Waals surface area (Å²) in [5.41, 5.74) is 0.979. The van der Waals surface area contributed by atoms with Gasteiger partial charge in [0.05, 0.1) is 12.7 Å². The Kier molecular flexibility index (Phi) is 4.99. The Labute approximate surface area is 116 Å². The van der Waals surface area contributed by atoms with Gasteiger partial charge in [-0.15, -0.1) is 0 Å². The third kappa shape index (κ3) is 3.95. The second-order valence-corrected chi connectivity index (χ2v) is 6.27. The molecule has 3 nitrogen and oxygen atoms in total. The van der Waals surface area contributed by atoms with E-state index in [2.05, 4.69) is 20.8 Å². The Hall–Kier alpha value is -1.06. The van der Waals surface area contributed by atoms with Crippen molar-refractivity contribution in [2.45, 2.75) is 51.6 Å². The van der Waals surface area contributed by atoms with Crippen LogP contribution in [0.15, 0.2) is 18.2 Å². The fraction of sp³-hybridized carbons (Fsp3) is 0.625. The van der Waals surface area contributed by atoms with Crippen LogP contribution in [0.1, 0.15) is 51.7 Å². The second kappa shape index (κ2) is 5.93. The minimum absolute atomic E-state index is 0.0472. The maximum absolute atomic E-state index is 10.5. The van der Waals surface area contributed by atoms with Crippen LogP contribution >= 0.6 is 0 Å². The molecule has 1 atom stereocenters. The van der Waals surface area contributed by atoms with Crippen molar-refractivity contribution in [1.82, 2.24) is 0 Å². The summed E-state index contributed by atoms with van der Waals surface area (Å²) in [6.07, 6.45) is 1.13. The minimum atomic E-state index is -0.922. The molecule has 19 heavy (non-hydrogen) atoms. The summed E-state index contributed by atoms with van der Waals surface area (Å²) >= 11 is 0. The molecule has 0 aliphatic heterocycles. The number of aliphatic hydroxyl groups excluding tert-OH is 1. The summed E-state index contributed by atoms with van der Waals surface area (Å²) in [6, 6.07) is 5.81. The number of methoxy groups -OCH3 is 1. The first kappa shape index (κ1) is 16.0. The molecule has 1 rings (SSSR count). The molecule has 0 fully saturated rings. The van der Waals surface area contributed by atoms with Crippen LogP contribution in [-0.4, -0.2) is 23.9 Å². The lowest BCUT2D eigenvalue weighted by molar-refractivity contribution is 0.0401. The van der Waals surface area contributed by atoms with Gasteiger partial charge < -0.3 is 14.9 Å². The van der Waals surface area contributed by atoms with Crippen LogP contribution in [0.4, 0.5) is 0 Å². The van der Waals surface area contributed by atoms with Gasteiger partial charge in [0.15, 0.2) is 0 Å². The molecular weight excluding hydrogens is 240 g/mol. The standard InChI is InChI=1S/C16H26O3/c1-15(2,3)13-11-12(7-8-14(13)19-5)16(4,18)9-6-10-17/h7-8,11,17-18H,6,9-10H2,1-5H3. The summed E-state index contributed by atoms with van der Waals surface area (Å²) in [5, 5.41) is 19.4. The zero-order valence-electron chi connectivity index (χ0n) is 12.7. The highest BCUT2D eigenvalue weighted by Crippen LogP contribution is 2.36. The fourth-order valence-corrected chi connectivity index (χ4v) is 2.20. The van der Waals surface area contributed by atoms with Crippen molar-refractivity contribution in [3.63, 3.8) is 0 Å². The van der Waals surface area contributed by atoms with Crippen LogP contribution in [0.5, 0.6) is 5.75 Å². The van der Waals surface area contributed by atoms with Crippen molar-refractivity contribution < 1.29 is 14.9 Å². The Morgan fingerprint density at radius 1 is 1.16 bits per heavy atom. The quantitative estimate of drug-likeness (QED) is 0.861. The molecule has 0 aliphatic rings. The smallest absolute Gasteiger partial charge is 0.122 e.